The van der Waals surface area contributed by atoms with Crippen molar-refractivity contribution in [3.05, 3.63) is 16.8 Å². The van der Waals surface area contributed by atoms with Crippen molar-refractivity contribution in [3.63, 3.8) is 0 Å². The van der Waals surface area contributed by atoms with Gasteiger partial charge >= 0.3 is 5.69 Å². The Morgan fingerprint density at radius 1 is 1.83 bits per heavy atom. The van der Waals surface area contributed by atoms with Gasteiger partial charge in [-0.05, 0) is 0 Å². The summed E-state index contributed by atoms with van der Waals surface area (Å²) in [6.45, 7) is 0.142. The van der Waals surface area contributed by atoms with Crippen molar-refractivity contribution in [3.8, 4) is 0 Å². The molecule has 0 bridgehead atoms. The molecule has 1 N–H and O–H groups in total. The Kier molecular flexibility index (Phi) is 2.88. The first kappa shape index (κ1) is 9.28. The molecule has 1 rings (SSSR count). The molecule has 0 aliphatic rings. The molecule has 1 heterocycles. The number of hydrogen-bond donors (Lipinski definition) is 1. The van der Waals surface area contributed by atoms with Gasteiger partial charge in [0.15, 0.2) is 0 Å². The van der Waals surface area contributed by atoms with Gasteiger partial charge in [0.1, 0.15) is 6.33 Å². The highest BCUT2D eigenvalue weighted by Gasteiger charge is 2.07. The van der Waals surface area contributed by atoms with E-state index in [1.807, 2.05) is 0 Å². The molecule has 0 aliphatic carbocycles. The van der Waals surface area contributed by atoms with Gasteiger partial charge in [0, 0.05) is 7.05 Å². The molecule has 1 aromatic heterocycles. The molecule has 1 unspecified atom stereocenters. The molecule has 1 aromatic rings. The van der Waals surface area contributed by atoms with Crippen molar-refractivity contribution in [1.29, 1.82) is 0 Å². The van der Waals surface area contributed by atoms with Gasteiger partial charge < -0.3 is 5.11 Å². The number of nitrogens with zero attached hydrogens (tertiary/aromatic N) is 3. The average Bonchev–Trinajstić information content (AvgIpc) is 2.36. The fourth-order valence-electron chi connectivity index (χ4n) is 0.794. The van der Waals surface area contributed by atoms with E-state index in [1.165, 1.54) is 15.6 Å². The summed E-state index contributed by atoms with van der Waals surface area (Å²) in [6.07, 6.45) is 0.669. The lowest BCUT2D eigenvalue weighted by atomic mass is 10.4. The highest BCUT2D eigenvalue weighted by Crippen LogP contribution is 1.89. The lowest BCUT2D eigenvalue weighted by molar-refractivity contribution is 0.169. The lowest BCUT2D eigenvalue weighted by Crippen LogP contribution is -2.29. The molecule has 0 fully saturated rings. The molecule has 12 heavy (non-hydrogen) atoms. The second kappa shape index (κ2) is 3.73. The fraction of sp³-hybridized carbons (Fsp3) is 0.667. The van der Waals surface area contributed by atoms with Crippen LogP contribution in [0.3, 0.4) is 0 Å². The summed E-state index contributed by atoms with van der Waals surface area (Å²) in [6, 6.07) is 0. The summed E-state index contributed by atoms with van der Waals surface area (Å²) in [7, 11) is 1.60. The molecule has 0 amide bonds. The zero-order valence-corrected chi connectivity index (χ0v) is 7.40. The molecule has 1 atom stereocenters. The van der Waals surface area contributed by atoms with Crippen molar-refractivity contribution < 1.29 is 5.11 Å². The monoisotopic (exact) mass is 191 g/mol. The highest BCUT2D eigenvalue weighted by atomic mass is 35.5. The van der Waals surface area contributed by atoms with Crippen LogP contribution in [0, 0.1) is 0 Å². The van der Waals surface area contributed by atoms with Crippen LogP contribution in [0.4, 0.5) is 0 Å². The van der Waals surface area contributed by atoms with Crippen LogP contribution in [0.25, 0.3) is 0 Å². The quantitative estimate of drug-likeness (QED) is 0.636. The largest absolute Gasteiger partial charge is 0.390 e. The van der Waals surface area contributed by atoms with E-state index < -0.39 is 6.10 Å². The maximum Gasteiger partial charge on any atom is 0.345 e. The van der Waals surface area contributed by atoms with Gasteiger partial charge in [-0.25, -0.2) is 9.48 Å². The Hall–Kier alpha value is -0.810. The Bertz CT molecular complexity index is 306. The molecule has 6 heteroatoms. The Balaban J connectivity index is 2.76. The van der Waals surface area contributed by atoms with E-state index in [1.54, 1.807) is 7.05 Å². The molecule has 0 spiro atoms. The summed E-state index contributed by atoms with van der Waals surface area (Å²) >= 11 is 5.36. The minimum absolute atomic E-state index is 0.100. The van der Waals surface area contributed by atoms with E-state index >= 15 is 0 Å². The Morgan fingerprint density at radius 2 is 2.50 bits per heavy atom. The zero-order chi connectivity index (χ0) is 9.14. The van der Waals surface area contributed by atoms with Crippen molar-refractivity contribution >= 4 is 11.6 Å². The summed E-state index contributed by atoms with van der Waals surface area (Å²) in [4.78, 5) is 11.1. The second-order valence-electron chi connectivity index (χ2n) is 2.51. The van der Waals surface area contributed by atoms with E-state index in [2.05, 4.69) is 5.10 Å². The van der Waals surface area contributed by atoms with E-state index in [0.29, 0.717) is 0 Å². The van der Waals surface area contributed by atoms with Crippen molar-refractivity contribution in [2.45, 2.75) is 12.6 Å². The van der Waals surface area contributed by atoms with Crippen LogP contribution in [0.5, 0.6) is 0 Å². The minimum Gasteiger partial charge on any atom is -0.390 e. The first-order chi connectivity index (χ1) is 5.65. The molecule has 0 saturated heterocycles. The van der Waals surface area contributed by atoms with Crippen molar-refractivity contribution in [2.24, 2.45) is 7.05 Å². The van der Waals surface area contributed by atoms with Gasteiger partial charge in [0.05, 0.1) is 18.5 Å². The number of hydrogen-bond acceptors (Lipinski definition) is 3. The maximum absolute atomic E-state index is 11.1. The minimum atomic E-state index is -0.723. The van der Waals surface area contributed by atoms with Gasteiger partial charge in [0.2, 0.25) is 0 Å². The van der Waals surface area contributed by atoms with Crippen LogP contribution in [-0.2, 0) is 13.6 Å². The Morgan fingerprint density at radius 3 is 2.92 bits per heavy atom. The average molecular weight is 192 g/mol. The summed E-state index contributed by atoms with van der Waals surface area (Å²) < 4.78 is 2.51. The van der Waals surface area contributed by atoms with E-state index in [4.69, 9.17) is 16.7 Å². The molecular weight excluding hydrogens is 182 g/mol. The molecule has 0 radical (unpaired) electrons. The first-order valence-corrected chi connectivity index (χ1v) is 4.01. The van der Waals surface area contributed by atoms with Gasteiger partial charge in [-0.15, -0.1) is 11.6 Å². The van der Waals surface area contributed by atoms with E-state index in [0.717, 1.165) is 0 Å². The number of aryl methyl sites for hydroxylation is 1. The number of aliphatic hydroxyl groups excluding tert-OH is 1. The molecular formula is C6H10ClN3O2. The smallest absolute Gasteiger partial charge is 0.345 e. The number of aromatic nitrogens is 3. The van der Waals surface area contributed by atoms with Gasteiger partial charge in [-0.1, -0.05) is 0 Å². The van der Waals surface area contributed by atoms with Crippen LogP contribution in [-0.4, -0.2) is 31.4 Å². The number of aliphatic hydroxyl groups is 1. The standard InChI is InChI=1S/C6H10ClN3O2/c1-9-4-8-10(6(9)12)3-5(11)2-7/h4-5,11H,2-3H2,1H3. The zero-order valence-electron chi connectivity index (χ0n) is 6.64. The lowest BCUT2D eigenvalue weighted by Gasteiger charge is -2.03. The summed E-state index contributed by atoms with van der Waals surface area (Å²) in [5.41, 5.74) is -0.251. The van der Waals surface area contributed by atoms with Crippen molar-refractivity contribution in [2.75, 3.05) is 5.88 Å². The maximum atomic E-state index is 11.1. The van der Waals surface area contributed by atoms with E-state index in [9.17, 15) is 4.79 Å². The second-order valence-corrected chi connectivity index (χ2v) is 2.82. The molecule has 0 aromatic carbocycles. The third kappa shape index (κ3) is 1.86. The SMILES string of the molecule is Cn1cnn(CC(O)CCl)c1=O. The molecule has 5 nitrogen and oxygen atoms in total. The predicted molar refractivity (Wildman–Crippen MR) is 44.2 cm³/mol. The third-order valence-corrected chi connectivity index (χ3v) is 1.80. The van der Waals surface area contributed by atoms with E-state index in [-0.39, 0.29) is 18.1 Å². The van der Waals surface area contributed by atoms with Crippen LogP contribution in [0.15, 0.2) is 11.1 Å². The molecule has 68 valence electrons. The summed E-state index contributed by atoms with van der Waals surface area (Å²) in [5.74, 6) is 0.100. The topological polar surface area (TPSA) is 60.1 Å². The number of rotatable bonds is 3. The third-order valence-electron chi connectivity index (χ3n) is 1.45. The summed E-state index contributed by atoms with van der Waals surface area (Å²) in [5, 5.41) is 12.9. The number of alkyl halides is 1. The predicted octanol–water partition coefficient (Wildman–Crippen LogP) is -0.819. The van der Waals surface area contributed by atoms with Gasteiger partial charge in [-0.3, -0.25) is 4.57 Å². The van der Waals surface area contributed by atoms with Gasteiger partial charge in [-0.2, -0.15) is 5.10 Å². The number of halogens is 1. The van der Waals surface area contributed by atoms with Crippen LogP contribution >= 0.6 is 11.6 Å². The van der Waals surface area contributed by atoms with Crippen LogP contribution in [0.2, 0.25) is 0 Å². The Labute approximate surface area is 74.2 Å². The molecule has 0 aliphatic heterocycles. The highest BCUT2D eigenvalue weighted by molar-refractivity contribution is 6.18. The van der Waals surface area contributed by atoms with Crippen LogP contribution < -0.4 is 5.69 Å². The fourth-order valence-corrected chi connectivity index (χ4v) is 0.892. The molecule has 0 saturated carbocycles. The first-order valence-electron chi connectivity index (χ1n) is 3.47. The van der Waals surface area contributed by atoms with Gasteiger partial charge in [0.25, 0.3) is 0 Å². The normalized spacial score (nSPS) is 13.2. The van der Waals surface area contributed by atoms with Crippen LogP contribution in [0.1, 0.15) is 0 Å². The van der Waals surface area contributed by atoms with Crippen molar-refractivity contribution in [1.82, 2.24) is 14.3 Å².